The van der Waals surface area contributed by atoms with Crippen LogP contribution in [0.2, 0.25) is 0 Å². The van der Waals surface area contributed by atoms with Gasteiger partial charge in [-0.15, -0.1) is 0 Å². The van der Waals surface area contributed by atoms with Crippen molar-refractivity contribution in [3.63, 3.8) is 0 Å². The Bertz CT molecular complexity index is 384. The molecule has 0 heterocycles. The number of aliphatic carboxylic acids is 1. The van der Waals surface area contributed by atoms with E-state index in [0.717, 1.165) is 0 Å². The van der Waals surface area contributed by atoms with Gasteiger partial charge in [0.1, 0.15) is 0 Å². The first-order valence-corrected chi connectivity index (χ1v) is 6.90. The molecule has 1 amide bonds. The summed E-state index contributed by atoms with van der Waals surface area (Å²) in [6, 6.07) is 0.123. The van der Waals surface area contributed by atoms with Crippen LogP contribution >= 0.6 is 0 Å². The van der Waals surface area contributed by atoms with Crippen LogP contribution in [-0.2, 0) is 9.59 Å². The Labute approximate surface area is 116 Å². The molecule has 1 fully saturated rings. The van der Waals surface area contributed by atoms with Crippen molar-refractivity contribution in [2.75, 3.05) is 0 Å². The van der Waals surface area contributed by atoms with Crippen molar-refractivity contribution in [2.24, 2.45) is 22.2 Å². The fourth-order valence-electron chi connectivity index (χ4n) is 2.63. The number of carbonyl (C=O) groups is 2. The molecule has 19 heavy (non-hydrogen) atoms. The first-order chi connectivity index (χ1) is 8.37. The Hall–Kier alpha value is -1.06. The molecular formula is C15H27NO3. The van der Waals surface area contributed by atoms with Gasteiger partial charge in [0.25, 0.3) is 0 Å². The number of carbonyl (C=O) groups excluding carboxylic acids is 1. The van der Waals surface area contributed by atoms with Crippen LogP contribution in [0.25, 0.3) is 0 Å². The van der Waals surface area contributed by atoms with Gasteiger partial charge in [-0.3, -0.25) is 9.59 Å². The Balaban J connectivity index is 2.70. The van der Waals surface area contributed by atoms with E-state index in [2.05, 4.69) is 33.0 Å². The standard InChI is InChI=1S/C15H27NO3/c1-9(2)15(7,12(18)19)8-10(17)16-11-13(3,4)14(11,5)6/h9,11H,8H2,1-7H3,(H,16,17)(H,18,19). The van der Waals surface area contributed by atoms with E-state index in [0.29, 0.717) is 0 Å². The first-order valence-electron chi connectivity index (χ1n) is 6.90. The van der Waals surface area contributed by atoms with E-state index >= 15 is 0 Å². The van der Waals surface area contributed by atoms with E-state index in [9.17, 15) is 14.7 Å². The molecule has 0 bridgehead atoms. The fourth-order valence-corrected chi connectivity index (χ4v) is 2.63. The summed E-state index contributed by atoms with van der Waals surface area (Å²) in [6.07, 6.45) is 0.0304. The molecule has 0 radical (unpaired) electrons. The molecule has 4 nitrogen and oxygen atoms in total. The van der Waals surface area contributed by atoms with Gasteiger partial charge in [-0.05, 0) is 23.7 Å². The summed E-state index contributed by atoms with van der Waals surface area (Å²) < 4.78 is 0. The highest BCUT2D eigenvalue weighted by atomic mass is 16.4. The number of carboxylic acids is 1. The summed E-state index contributed by atoms with van der Waals surface area (Å²) in [7, 11) is 0. The van der Waals surface area contributed by atoms with E-state index in [-0.39, 0.29) is 35.1 Å². The van der Waals surface area contributed by atoms with Gasteiger partial charge in [-0.25, -0.2) is 0 Å². The predicted molar refractivity (Wildman–Crippen MR) is 74.7 cm³/mol. The van der Waals surface area contributed by atoms with Gasteiger partial charge in [0.05, 0.1) is 5.41 Å². The van der Waals surface area contributed by atoms with Crippen molar-refractivity contribution in [3.8, 4) is 0 Å². The van der Waals surface area contributed by atoms with Crippen LogP contribution in [0.5, 0.6) is 0 Å². The van der Waals surface area contributed by atoms with E-state index in [1.54, 1.807) is 6.92 Å². The Morgan fingerprint density at radius 1 is 1.21 bits per heavy atom. The van der Waals surface area contributed by atoms with Gasteiger partial charge in [0.15, 0.2) is 0 Å². The smallest absolute Gasteiger partial charge is 0.310 e. The molecule has 0 aliphatic heterocycles. The molecule has 1 atom stereocenters. The van der Waals surface area contributed by atoms with Crippen LogP contribution in [0.1, 0.15) is 54.9 Å². The molecule has 0 aromatic carbocycles. The van der Waals surface area contributed by atoms with Crippen LogP contribution < -0.4 is 5.32 Å². The molecule has 1 aliphatic rings. The molecular weight excluding hydrogens is 242 g/mol. The van der Waals surface area contributed by atoms with E-state index in [1.807, 2.05) is 13.8 Å². The molecule has 1 unspecified atom stereocenters. The third-order valence-corrected chi connectivity index (χ3v) is 5.62. The number of nitrogens with one attached hydrogen (secondary N) is 1. The average Bonchev–Trinajstić information content (AvgIpc) is 2.60. The second-order valence-corrected chi connectivity index (χ2v) is 7.50. The Kier molecular flexibility index (Phi) is 3.79. The fraction of sp³-hybridized carbons (Fsp3) is 0.867. The van der Waals surface area contributed by atoms with Crippen molar-refractivity contribution in [3.05, 3.63) is 0 Å². The number of carboxylic acid groups (broad SMARTS) is 1. The highest BCUT2D eigenvalue weighted by molar-refractivity contribution is 5.85. The molecule has 0 saturated heterocycles. The lowest BCUT2D eigenvalue weighted by Crippen LogP contribution is -2.40. The normalized spacial score (nSPS) is 23.8. The lowest BCUT2D eigenvalue weighted by Gasteiger charge is -2.28. The molecule has 4 heteroatoms. The lowest BCUT2D eigenvalue weighted by atomic mass is 9.76. The third kappa shape index (κ3) is 2.49. The van der Waals surface area contributed by atoms with Crippen molar-refractivity contribution < 1.29 is 14.7 Å². The van der Waals surface area contributed by atoms with Gasteiger partial charge >= 0.3 is 5.97 Å². The number of hydrogen-bond donors (Lipinski definition) is 2. The van der Waals surface area contributed by atoms with Crippen molar-refractivity contribution >= 4 is 11.9 Å². The monoisotopic (exact) mass is 269 g/mol. The van der Waals surface area contributed by atoms with Crippen LogP contribution in [0.4, 0.5) is 0 Å². The zero-order valence-corrected chi connectivity index (χ0v) is 13.1. The summed E-state index contributed by atoms with van der Waals surface area (Å²) in [5.41, 5.74) is -0.868. The predicted octanol–water partition coefficient (Wildman–Crippen LogP) is 2.67. The summed E-state index contributed by atoms with van der Waals surface area (Å²) in [5.74, 6) is -1.16. The quantitative estimate of drug-likeness (QED) is 0.806. The maximum atomic E-state index is 12.1. The number of hydrogen-bond acceptors (Lipinski definition) is 2. The van der Waals surface area contributed by atoms with Crippen LogP contribution in [0.3, 0.4) is 0 Å². The van der Waals surface area contributed by atoms with E-state index < -0.39 is 11.4 Å². The second-order valence-electron chi connectivity index (χ2n) is 7.50. The molecule has 1 aliphatic carbocycles. The minimum atomic E-state index is -1.01. The van der Waals surface area contributed by atoms with Crippen LogP contribution in [0, 0.1) is 22.2 Å². The maximum absolute atomic E-state index is 12.1. The lowest BCUT2D eigenvalue weighted by molar-refractivity contribution is -0.153. The second kappa shape index (κ2) is 4.50. The van der Waals surface area contributed by atoms with Gasteiger partial charge in [0, 0.05) is 12.5 Å². The topological polar surface area (TPSA) is 66.4 Å². The minimum absolute atomic E-state index is 0.0304. The van der Waals surface area contributed by atoms with Crippen molar-refractivity contribution in [1.82, 2.24) is 5.32 Å². The van der Waals surface area contributed by atoms with Gasteiger partial charge in [-0.1, -0.05) is 41.5 Å². The van der Waals surface area contributed by atoms with Gasteiger partial charge < -0.3 is 10.4 Å². The molecule has 0 aromatic heterocycles. The van der Waals surface area contributed by atoms with Gasteiger partial charge in [-0.2, -0.15) is 0 Å². The molecule has 1 saturated carbocycles. The van der Waals surface area contributed by atoms with Crippen molar-refractivity contribution in [2.45, 2.75) is 60.9 Å². The number of amides is 1. The van der Waals surface area contributed by atoms with Crippen molar-refractivity contribution in [1.29, 1.82) is 0 Å². The average molecular weight is 269 g/mol. The number of rotatable bonds is 5. The minimum Gasteiger partial charge on any atom is -0.481 e. The Morgan fingerprint density at radius 3 is 1.89 bits per heavy atom. The van der Waals surface area contributed by atoms with E-state index in [4.69, 9.17) is 0 Å². The summed E-state index contributed by atoms with van der Waals surface area (Å²) in [6.45, 7) is 13.8. The maximum Gasteiger partial charge on any atom is 0.310 e. The van der Waals surface area contributed by atoms with E-state index in [1.165, 1.54) is 0 Å². The van der Waals surface area contributed by atoms with Crippen LogP contribution in [0.15, 0.2) is 0 Å². The Morgan fingerprint density at radius 2 is 1.63 bits per heavy atom. The first kappa shape index (κ1) is 16.0. The van der Waals surface area contributed by atoms with Crippen LogP contribution in [-0.4, -0.2) is 23.0 Å². The highest BCUT2D eigenvalue weighted by Gasteiger charge is 2.65. The van der Waals surface area contributed by atoms with Gasteiger partial charge in [0.2, 0.25) is 5.91 Å². The molecule has 0 aromatic rings. The zero-order chi connectivity index (χ0) is 15.2. The highest BCUT2D eigenvalue weighted by Crippen LogP contribution is 2.62. The third-order valence-electron chi connectivity index (χ3n) is 5.62. The summed E-state index contributed by atoms with van der Waals surface area (Å²) >= 11 is 0. The summed E-state index contributed by atoms with van der Waals surface area (Å²) in [4.78, 5) is 23.5. The molecule has 110 valence electrons. The SMILES string of the molecule is CC(C)C(C)(CC(=O)NC1C(C)(C)C1(C)C)C(=O)O. The molecule has 1 rings (SSSR count). The zero-order valence-electron chi connectivity index (χ0n) is 13.1. The summed E-state index contributed by atoms with van der Waals surface area (Å²) in [5, 5.41) is 12.3. The largest absolute Gasteiger partial charge is 0.481 e. The molecule has 2 N–H and O–H groups in total. The molecule has 0 spiro atoms.